The third-order valence-corrected chi connectivity index (χ3v) is 3.94. The third kappa shape index (κ3) is 2.35. The van der Waals surface area contributed by atoms with Crippen LogP contribution in [0.25, 0.3) is 0 Å². The summed E-state index contributed by atoms with van der Waals surface area (Å²) in [5.41, 5.74) is 5.83. The fourth-order valence-corrected chi connectivity index (χ4v) is 2.37. The van der Waals surface area contributed by atoms with Crippen LogP contribution in [0.1, 0.15) is 50.8 Å². The molecule has 0 amide bonds. The molecule has 0 aromatic carbocycles. The number of anilines is 2. The lowest BCUT2D eigenvalue weighted by Gasteiger charge is -2.32. The van der Waals surface area contributed by atoms with Crippen LogP contribution in [0.15, 0.2) is 6.07 Å². The highest BCUT2D eigenvalue weighted by Gasteiger charge is 2.28. The SMILES string of the molecule is CC(Nc1cc(N)nc(C2CC2)n1)C1CCC1. The topological polar surface area (TPSA) is 63.8 Å². The van der Waals surface area contributed by atoms with Gasteiger partial charge in [0.2, 0.25) is 0 Å². The Hall–Kier alpha value is -1.32. The van der Waals surface area contributed by atoms with Gasteiger partial charge < -0.3 is 11.1 Å². The van der Waals surface area contributed by atoms with Gasteiger partial charge in [-0.15, -0.1) is 0 Å². The average molecular weight is 232 g/mol. The predicted molar refractivity (Wildman–Crippen MR) is 68.8 cm³/mol. The Morgan fingerprint density at radius 2 is 2.06 bits per heavy atom. The minimum Gasteiger partial charge on any atom is -0.384 e. The van der Waals surface area contributed by atoms with Gasteiger partial charge in [0.25, 0.3) is 0 Å². The zero-order valence-corrected chi connectivity index (χ0v) is 10.3. The monoisotopic (exact) mass is 232 g/mol. The Labute approximate surface area is 102 Å². The Bertz CT molecular complexity index is 410. The molecule has 0 spiro atoms. The molecular formula is C13H20N4. The maximum absolute atomic E-state index is 5.83. The van der Waals surface area contributed by atoms with Gasteiger partial charge in [-0.2, -0.15) is 0 Å². The van der Waals surface area contributed by atoms with Crippen molar-refractivity contribution < 1.29 is 0 Å². The van der Waals surface area contributed by atoms with Crippen LogP contribution in [0.5, 0.6) is 0 Å². The van der Waals surface area contributed by atoms with Crippen molar-refractivity contribution in [2.75, 3.05) is 11.1 Å². The summed E-state index contributed by atoms with van der Waals surface area (Å²) in [6, 6.07) is 2.34. The fraction of sp³-hybridized carbons (Fsp3) is 0.692. The van der Waals surface area contributed by atoms with E-state index in [1.807, 2.05) is 6.07 Å². The van der Waals surface area contributed by atoms with Crippen molar-refractivity contribution in [2.45, 2.75) is 51.0 Å². The smallest absolute Gasteiger partial charge is 0.136 e. The number of hydrogen-bond donors (Lipinski definition) is 2. The van der Waals surface area contributed by atoms with Crippen LogP contribution in [0.4, 0.5) is 11.6 Å². The van der Waals surface area contributed by atoms with E-state index in [1.165, 1.54) is 32.1 Å². The first-order chi connectivity index (χ1) is 8.22. The summed E-state index contributed by atoms with van der Waals surface area (Å²) < 4.78 is 0. The van der Waals surface area contributed by atoms with Crippen molar-refractivity contribution in [3.05, 3.63) is 11.9 Å². The molecule has 0 bridgehead atoms. The fourth-order valence-electron chi connectivity index (χ4n) is 2.37. The Morgan fingerprint density at radius 3 is 2.65 bits per heavy atom. The van der Waals surface area contributed by atoms with Crippen LogP contribution in [0.3, 0.4) is 0 Å². The predicted octanol–water partition coefficient (Wildman–Crippen LogP) is 2.54. The van der Waals surface area contributed by atoms with Gasteiger partial charge in [0, 0.05) is 18.0 Å². The summed E-state index contributed by atoms with van der Waals surface area (Å²) in [4.78, 5) is 8.88. The standard InChI is InChI=1S/C13H20N4/c1-8(9-3-2-4-9)15-12-7-11(14)16-13(17-12)10-5-6-10/h7-10H,2-6H2,1H3,(H3,14,15,16,17). The number of nitrogen functional groups attached to an aromatic ring is 1. The molecule has 1 aromatic heterocycles. The van der Waals surface area contributed by atoms with Crippen molar-refractivity contribution in [1.82, 2.24) is 9.97 Å². The molecule has 3 N–H and O–H groups in total. The minimum atomic E-state index is 0.491. The van der Waals surface area contributed by atoms with Crippen molar-refractivity contribution >= 4 is 11.6 Å². The first kappa shape index (κ1) is 10.8. The van der Waals surface area contributed by atoms with E-state index in [-0.39, 0.29) is 0 Å². The van der Waals surface area contributed by atoms with Crippen LogP contribution < -0.4 is 11.1 Å². The average Bonchev–Trinajstić information content (AvgIpc) is 2.95. The first-order valence-electron chi connectivity index (χ1n) is 6.63. The van der Waals surface area contributed by atoms with Gasteiger partial charge in [0.1, 0.15) is 17.5 Å². The number of aromatic nitrogens is 2. The zero-order valence-electron chi connectivity index (χ0n) is 10.3. The second-order valence-corrected chi connectivity index (χ2v) is 5.43. The summed E-state index contributed by atoms with van der Waals surface area (Å²) in [6.45, 7) is 2.24. The molecular weight excluding hydrogens is 212 g/mol. The second-order valence-electron chi connectivity index (χ2n) is 5.43. The van der Waals surface area contributed by atoms with E-state index in [0.29, 0.717) is 17.8 Å². The van der Waals surface area contributed by atoms with E-state index in [4.69, 9.17) is 5.73 Å². The summed E-state index contributed by atoms with van der Waals surface area (Å²) in [6.07, 6.45) is 6.46. The molecule has 2 aliphatic carbocycles. The van der Waals surface area contributed by atoms with Crippen molar-refractivity contribution in [1.29, 1.82) is 0 Å². The van der Waals surface area contributed by atoms with Gasteiger partial charge in [-0.1, -0.05) is 6.42 Å². The van der Waals surface area contributed by atoms with E-state index >= 15 is 0 Å². The quantitative estimate of drug-likeness (QED) is 0.837. The van der Waals surface area contributed by atoms with Crippen molar-refractivity contribution in [3.63, 3.8) is 0 Å². The molecule has 1 unspecified atom stereocenters. The van der Waals surface area contributed by atoms with Gasteiger partial charge in [0.05, 0.1) is 0 Å². The molecule has 3 rings (SSSR count). The van der Waals surface area contributed by atoms with Gasteiger partial charge in [-0.05, 0) is 38.5 Å². The molecule has 2 aliphatic rings. The molecule has 4 heteroatoms. The largest absolute Gasteiger partial charge is 0.384 e. The lowest BCUT2D eigenvalue weighted by molar-refractivity contribution is 0.285. The molecule has 2 fully saturated rings. The minimum absolute atomic E-state index is 0.491. The highest BCUT2D eigenvalue weighted by atomic mass is 15.1. The highest BCUT2D eigenvalue weighted by Crippen LogP contribution is 2.39. The van der Waals surface area contributed by atoms with Crippen LogP contribution in [-0.2, 0) is 0 Å². The number of nitrogens with two attached hydrogens (primary N) is 1. The highest BCUT2D eigenvalue weighted by molar-refractivity contribution is 5.46. The Kier molecular flexibility index (Phi) is 2.65. The van der Waals surface area contributed by atoms with E-state index in [1.54, 1.807) is 0 Å². The summed E-state index contributed by atoms with van der Waals surface area (Å²) in [7, 11) is 0. The maximum Gasteiger partial charge on any atom is 0.136 e. The molecule has 1 heterocycles. The van der Waals surface area contributed by atoms with Gasteiger partial charge in [0.15, 0.2) is 0 Å². The van der Waals surface area contributed by atoms with Crippen LogP contribution >= 0.6 is 0 Å². The number of nitrogens with zero attached hydrogens (tertiary/aromatic N) is 2. The maximum atomic E-state index is 5.83. The summed E-state index contributed by atoms with van der Waals surface area (Å²) >= 11 is 0. The molecule has 92 valence electrons. The van der Waals surface area contributed by atoms with E-state index in [2.05, 4.69) is 22.2 Å². The van der Waals surface area contributed by atoms with Crippen LogP contribution in [0, 0.1) is 5.92 Å². The molecule has 4 nitrogen and oxygen atoms in total. The Balaban J connectivity index is 1.72. The lowest BCUT2D eigenvalue weighted by Crippen LogP contribution is -2.31. The normalized spacial score (nSPS) is 21.9. The van der Waals surface area contributed by atoms with Gasteiger partial charge in [-0.25, -0.2) is 9.97 Å². The Morgan fingerprint density at radius 1 is 1.29 bits per heavy atom. The third-order valence-electron chi connectivity index (χ3n) is 3.94. The molecule has 1 atom stereocenters. The van der Waals surface area contributed by atoms with Gasteiger partial charge in [-0.3, -0.25) is 0 Å². The lowest BCUT2D eigenvalue weighted by atomic mass is 9.80. The van der Waals surface area contributed by atoms with Gasteiger partial charge >= 0.3 is 0 Å². The van der Waals surface area contributed by atoms with E-state index in [0.717, 1.165) is 17.6 Å². The number of hydrogen-bond acceptors (Lipinski definition) is 4. The van der Waals surface area contributed by atoms with E-state index in [9.17, 15) is 0 Å². The number of rotatable bonds is 4. The van der Waals surface area contributed by atoms with Crippen LogP contribution in [-0.4, -0.2) is 16.0 Å². The molecule has 0 aliphatic heterocycles. The molecule has 0 radical (unpaired) electrons. The van der Waals surface area contributed by atoms with Crippen molar-refractivity contribution in [2.24, 2.45) is 5.92 Å². The molecule has 1 aromatic rings. The zero-order chi connectivity index (χ0) is 11.8. The molecule has 2 saturated carbocycles. The summed E-state index contributed by atoms with van der Waals surface area (Å²) in [5, 5.41) is 3.48. The molecule has 17 heavy (non-hydrogen) atoms. The second kappa shape index (κ2) is 4.17. The first-order valence-corrected chi connectivity index (χ1v) is 6.63. The summed E-state index contributed by atoms with van der Waals surface area (Å²) in [5.74, 6) is 3.77. The van der Waals surface area contributed by atoms with Crippen molar-refractivity contribution in [3.8, 4) is 0 Å². The molecule has 0 saturated heterocycles. The van der Waals surface area contributed by atoms with E-state index < -0.39 is 0 Å². The number of nitrogens with one attached hydrogen (secondary N) is 1. The van der Waals surface area contributed by atoms with Crippen LogP contribution in [0.2, 0.25) is 0 Å².